The highest BCUT2D eigenvalue weighted by Crippen LogP contribution is 2.63. The number of nitrogens with zero attached hydrogens (tertiary/aromatic N) is 1. The van der Waals surface area contributed by atoms with E-state index in [9.17, 15) is 0 Å². The zero-order chi connectivity index (χ0) is 37.8. The molecule has 0 radical (unpaired) electrons. The number of allylic oxidation sites excluding steroid dienone is 12. The minimum absolute atomic E-state index is 0.180. The standard InChI is InChI=1S/C55H65N/c1-53(2)48-23-13-9-21-44(48)46-34-39(31-33-49(46)53)56(40-30-32-45-41-18-8-12-22-47(41)54(3,4)52(45)35-40)38-28-26-37(27-29-38)55(36-16-6-5-7-17-36)50-24-14-10-19-42(50)43-20-11-15-25-51(43)55/h6,9-11,14-17,19-21,24-26,31,33,38-40,45-46,49,52H,5,7-8,12-13,18,22-23,27-30,32,34-35H2,1-4H3. The van der Waals surface area contributed by atoms with Crippen molar-refractivity contribution in [3.05, 3.63) is 142 Å². The number of benzene rings is 2. The zero-order valence-corrected chi connectivity index (χ0v) is 34.8. The molecule has 11 rings (SSSR count). The third kappa shape index (κ3) is 5.07. The van der Waals surface area contributed by atoms with Gasteiger partial charge in [0.2, 0.25) is 0 Å². The van der Waals surface area contributed by atoms with Crippen LogP contribution in [-0.4, -0.2) is 23.0 Å². The molecule has 1 saturated carbocycles. The first-order valence-corrected chi connectivity index (χ1v) is 23.1. The maximum Gasteiger partial charge on any atom is 0.0670 e. The largest absolute Gasteiger partial charge is 0.291 e. The molecule has 0 saturated heterocycles. The summed E-state index contributed by atoms with van der Waals surface area (Å²) >= 11 is 0. The Bertz CT molecular complexity index is 2110. The number of hydrogen-bond donors (Lipinski definition) is 0. The highest BCUT2D eigenvalue weighted by atomic mass is 15.2. The van der Waals surface area contributed by atoms with Crippen molar-refractivity contribution in [2.45, 2.75) is 148 Å². The van der Waals surface area contributed by atoms with Crippen LogP contribution in [0.3, 0.4) is 0 Å². The van der Waals surface area contributed by atoms with Crippen LogP contribution in [0.4, 0.5) is 0 Å². The maximum atomic E-state index is 3.20. The van der Waals surface area contributed by atoms with E-state index in [1.54, 1.807) is 16.7 Å². The van der Waals surface area contributed by atoms with Crippen molar-refractivity contribution in [3.63, 3.8) is 0 Å². The van der Waals surface area contributed by atoms with Crippen molar-refractivity contribution in [1.29, 1.82) is 0 Å². The van der Waals surface area contributed by atoms with Gasteiger partial charge < -0.3 is 0 Å². The second-order valence-corrected chi connectivity index (χ2v) is 20.6. The Hall–Kier alpha value is -3.42. The van der Waals surface area contributed by atoms with Gasteiger partial charge in [-0.3, -0.25) is 4.90 Å². The van der Waals surface area contributed by atoms with Crippen molar-refractivity contribution < 1.29 is 0 Å². The van der Waals surface area contributed by atoms with Gasteiger partial charge in [-0.15, -0.1) is 0 Å². The Kier molecular flexibility index (Phi) is 8.49. The Balaban J connectivity index is 0.975. The molecule has 290 valence electrons. The van der Waals surface area contributed by atoms with Crippen molar-refractivity contribution in [2.24, 2.45) is 34.5 Å². The fourth-order valence-electron chi connectivity index (χ4n) is 15.2. The van der Waals surface area contributed by atoms with E-state index >= 15 is 0 Å². The van der Waals surface area contributed by atoms with Gasteiger partial charge in [0.05, 0.1) is 5.41 Å². The molecule has 0 aliphatic heterocycles. The Morgan fingerprint density at radius 2 is 1.39 bits per heavy atom. The van der Waals surface area contributed by atoms with Gasteiger partial charge in [-0.05, 0) is 164 Å². The van der Waals surface area contributed by atoms with Crippen molar-refractivity contribution in [1.82, 2.24) is 4.90 Å². The molecule has 1 fully saturated rings. The van der Waals surface area contributed by atoms with Crippen LogP contribution >= 0.6 is 0 Å². The van der Waals surface area contributed by atoms with E-state index in [0.717, 1.165) is 24.7 Å². The molecule has 1 nitrogen and oxygen atoms in total. The van der Waals surface area contributed by atoms with E-state index in [1.807, 2.05) is 11.1 Å². The second kappa shape index (κ2) is 13.3. The van der Waals surface area contributed by atoms with Crippen molar-refractivity contribution in [3.8, 4) is 11.1 Å². The third-order valence-corrected chi connectivity index (χ3v) is 17.6. The van der Waals surface area contributed by atoms with E-state index in [-0.39, 0.29) is 10.8 Å². The molecule has 9 aliphatic rings. The lowest BCUT2D eigenvalue weighted by molar-refractivity contribution is 0.0153. The molecule has 7 atom stereocenters. The van der Waals surface area contributed by atoms with Crippen LogP contribution in [0.5, 0.6) is 0 Å². The summed E-state index contributed by atoms with van der Waals surface area (Å²) in [7, 11) is 0. The summed E-state index contributed by atoms with van der Waals surface area (Å²) in [6.45, 7) is 10.4. The van der Waals surface area contributed by atoms with Gasteiger partial charge in [-0.2, -0.15) is 0 Å². The lowest BCUT2D eigenvalue weighted by atomic mass is 9.63. The summed E-state index contributed by atoms with van der Waals surface area (Å²) < 4.78 is 0. The topological polar surface area (TPSA) is 3.24 Å². The Morgan fingerprint density at radius 3 is 2.14 bits per heavy atom. The van der Waals surface area contributed by atoms with Crippen LogP contribution < -0.4 is 0 Å². The molecule has 7 unspecified atom stereocenters. The Labute approximate surface area is 338 Å². The van der Waals surface area contributed by atoms with E-state index < -0.39 is 0 Å². The summed E-state index contributed by atoms with van der Waals surface area (Å²) in [6.07, 6.45) is 40.3. The molecule has 56 heavy (non-hydrogen) atoms. The number of fused-ring (bicyclic) bond motifs is 7. The van der Waals surface area contributed by atoms with Crippen LogP contribution in [0.15, 0.2) is 131 Å². The normalized spacial score (nSPS) is 34.3. The lowest BCUT2D eigenvalue weighted by Crippen LogP contribution is -2.54. The summed E-state index contributed by atoms with van der Waals surface area (Å²) in [6, 6.07) is 20.6. The molecule has 0 aromatic heterocycles. The average Bonchev–Trinajstić information content (AvgIpc) is 3.76. The molecule has 0 amide bonds. The quantitative estimate of drug-likeness (QED) is 0.276. The predicted molar refractivity (Wildman–Crippen MR) is 234 cm³/mol. The van der Waals surface area contributed by atoms with Crippen LogP contribution in [0.1, 0.15) is 135 Å². The van der Waals surface area contributed by atoms with E-state index in [2.05, 4.69) is 130 Å². The molecular formula is C55H65N. The summed E-state index contributed by atoms with van der Waals surface area (Å²) in [5, 5.41) is 0. The molecule has 0 bridgehead atoms. The third-order valence-electron chi connectivity index (χ3n) is 17.6. The molecular weight excluding hydrogens is 675 g/mol. The average molecular weight is 740 g/mol. The van der Waals surface area contributed by atoms with Crippen LogP contribution in [-0.2, 0) is 5.41 Å². The second-order valence-electron chi connectivity index (χ2n) is 20.6. The van der Waals surface area contributed by atoms with Gasteiger partial charge in [0.15, 0.2) is 0 Å². The van der Waals surface area contributed by atoms with Crippen LogP contribution in [0, 0.1) is 34.5 Å². The maximum absolute atomic E-state index is 3.20. The molecule has 9 aliphatic carbocycles. The minimum atomic E-state index is -0.180. The molecule has 1 heteroatoms. The smallest absolute Gasteiger partial charge is 0.0670 e. The minimum Gasteiger partial charge on any atom is -0.291 e. The van der Waals surface area contributed by atoms with E-state index in [1.165, 1.54) is 111 Å². The zero-order valence-electron chi connectivity index (χ0n) is 34.8. The van der Waals surface area contributed by atoms with Gasteiger partial charge in [0.1, 0.15) is 0 Å². The highest BCUT2D eigenvalue weighted by molar-refractivity contribution is 5.86. The van der Waals surface area contributed by atoms with Crippen molar-refractivity contribution >= 4 is 0 Å². The van der Waals surface area contributed by atoms with Gasteiger partial charge in [-0.1, -0.05) is 147 Å². The van der Waals surface area contributed by atoms with E-state index in [4.69, 9.17) is 0 Å². The Morgan fingerprint density at radius 1 is 0.625 bits per heavy atom. The summed E-state index contributed by atoms with van der Waals surface area (Å²) in [4.78, 5) is 3.20. The SMILES string of the molecule is CC1(C)C2=C(C=CCC2)C2CC(N(C3CC=C(C4(C5=CCCC=C5)c5ccccc5-c5ccccc54)CC3)C3CCC4C5=C(CCCC5)C(C)(C)C4C3)C=CC21. The fourth-order valence-corrected chi connectivity index (χ4v) is 15.2. The first-order valence-electron chi connectivity index (χ1n) is 23.1. The molecule has 2 aromatic carbocycles. The molecule has 0 spiro atoms. The van der Waals surface area contributed by atoms with Crippen molar-refractivity contribution in [2.75, 3.05) is 0 Å². The first-order chi connectivity index (χ1) is 27.3. The molecule has 2 aromatic rings. The molecule has 0 heterocycles. The first kappa shape index (κ1) is 35.7. The highest BCUT2D eigenvalue weighted by Gasteiger charge is 2.54. The van der Waals surface area contributed by atoms with Gasteiger partial charge in [0.25, 0.3) is 0 Å². The van der Waals surface area contributed by atoms with Gasteiger partial charge >= 0.3 is 0 Å². The lowest BCUT2D eigenvalue weighted by Gasteiger charge is -2.51. The van der Waals surface area contributed by atoms with Crippen LogP contribution in [0.25, 0.3) is 11.1 Å². The number of rotatable bonds is 5. The van der Waals surface area contributed by atoms with E-state index in [0.29, 0.717) is 35.4 Å². The predicted octanol–water partition coefficient (Wildman–Crippen LogP) is 14.0. The van der Waals surface area contributed by atoms with Crippen LogP contribution in [0.2, 0.25) is 0 Å². The summed E-state index contributed by atoms with van der Waals surface area (Å²) in [5.74, 6) is 2.96. The van der Waals surface area contributed by atoms with Gasteiger partial charge in [0, 0.05) is 18.1 Å². The summed E-state index contributed by atoms with van der Waals surface area (Å²) in [5.41, 5.74) is 16.8. The number of hydrogen-bond acceptors (Lipinski definition) is 1. The van der Waals surface area contributed by atoms with Gasteiger partial charge in [-0.25, -0.2) is 0 Å². The molecule has 0 N–H and O–H groups in total. The fraction of sp³-hybridized carbons (Fsp3) is 0.527. The monoisotopic (exact) mass is 740 g/mol.